The summed E-state index contributed by atoms with van der Waals surface area (Å²) >= 11 is 0. The van der Waals surface area contributed by atoms with Crippen LogP contribution < -0.4 is 5.32 Å². The summed E-state index contributed by atoms with van der Waals surface area (Å²) in [5, 5.41) is 12.0. The number of nitrogens with one attached hydrogen (secondary N) is 1. The Labute approximate surface area is 319 Å². The van der Waals surface area contributed by atoms with Crippen LogP contribution in [0.4, 0.5) is 4.79 Å². The van der Waals surface area contributed by atoms with Gasteiger partial charge in [-0.3, -0.25) is 4.52 Å². The van der Waals surface area contributed by atoms with Gasteiger partial charge in [0.05, 0.1) is 52.9 Å². The Morgan fingerprint density at radius 2 is 1.57 bits per heavy atom. The molecule has 0 aromatic carbocycles. The number of alkyl carbamates (subject to hydrolysis) is 1. The van der Waals surface area contributed by atoms with Crippen LogP contribution in [0.1, 0.15) is 112 Å². The van der Waals surface area contributed by atoms with Gasteiger partial charge < -0.3 is 43.9 Å². The van der Waals surface area contributed by atoms with Gasteiger partial charge in [-0.15, -0.1) is 0 Å². The zero-order valence-corrected chi connectivity index (χ0v) is 34.2. The van der Waals surface area contributed by atoms with Crippen LogP contribution >= 0.6 is 7.82 Å². The zero-order chi connectivity index (χ0) is 38.5. The summed E-state index contributed by atoms with van der Waals surface area (Å²) in [6.07, 6.45) is 15.6. The average molecular weight is 774 g/mol. The molecule has 1 unspecified atom stereocenters. The summed E-state index contributed by atoms with van der Waals surface area (Å²) in [6.45, 7) is 14.8. The number of carbonyl (C=O) groups is 1. The standard InChI is InChI=1S/C40H72NO11P/c1-29(2)8-6-9-30(3)35-12-13-36-34-11-10-31-26-32(14-16-39(31,4)37(34)15-17-40(35,36)5)51-38(43)41-18-7-19-47-20-21-48-22-23-49-24-25-50-28-33(27-42)52-53(44,45)46/h10,29-30,32-37,42H,6-9,11-28H2,1-5H3,(H,41,43)(H2,44,45,46)/t30-,32+,33?,34+,35-,36+,37+,39+,40-/m1/s1. The van der Waals surface area contributed by atoms with Crippen molar-refractivity contribution in [3.05, 3.63) is 11.6 Å². The van der Waals surface area contributed by atoms with Crippen molar-refractivity contribution in [3.8, 4) is 0 Å². The van der Waals surface area contributed by atoms with Crippen molar-refractivity contribution < 1.29 is 52.5 Å². The summed E-state index contributed by atoms with van der Waals surface area (Å²) in [7, 11) is -4.68. The molecule has 0 aliphatic heterocycles. The molecule has 3 fully saturated rings. The fourth-order valence-electron chi connectivity index (χ4n) is 10.5. The molecule has 0 heterocycles. The number of carbonyl (C=O) groups excluding carboxylic acids is 1. The third-order valence-electron chi connectivity index (χ3n) is 13.2. The first-order valence-corrected chi connectivity index (χ1v) is 22.1. The van der Waals surface area contributed by atoms with Crippen molar-refractivity contribution in [2.24, 2.45) is 46.3 Å². The Balaban J connectivity index is 1.03. The second-order valence-corrected chi connectivity index (χ2v) is 18.3. The minimum Gasteiger partial charge on any atom is -0.446 e. The van der Waals surface area contributed by atoms with E-state index in [1.54, 1.807) is 5.57 Å². The molecule has 12 nitrogen and oxygen atoms in total. The van der Waals surface area contributed by atoms with Gasteiger partial charge in [0.15, 0.2) is 0 Å². The summed E-state index contributed by atoms with van der Waals surface area (Å²) in [6, 6.07) is 0. The van der Waals surface area contributed by atoms with Crippen LogP contribution in [0.25, 0.3) is 0 Å². The number of amides is 1. The summed E-state index contributed by atoms with van der Waals surface area (Å²) in [4.78, 5) is 30.2. The lowest BCUT2D eigenvalue weighted by Gasteiger charge is -2.58. The fourth-order valence-corrected chi connectivity index (χ4v) is 11.0. The van der Waals surface area contributed by atoms with Gasteiger partial charge >= 0.3 is 13.9 Å². The van der Waals surface area contributed by atoms with E-state index in [1.165, 1.54) is 51.4 Å². The van der Waals surface area contributed by atoms with Crippen LogP contribution in [0.2, 0.25) is 0 Å². The Bertz CT molecular complexity index is 1180. The van der Waals surface area contributed by atoms with E-state index in [4.69, 9.17) is 38.6 Å². The molecule has 4 aliphatic carbocycles. The largest absolute Gasteiger partial charge is 0.470 e. The Hall–Kier alpha value is -1.08. The van der Waals surface area contributed by atoms with E-state index in [-0.39, 0.29) is 37.4 Å². The SMILES string of the molecule is CC(C)CCC[C@@H](C)[C@H]1CC[C@H]2[C@@H]3CC=C4C[C@@H](OC(=O)NCCCOCCOCCOCCOCC(CO)OP(=O)(O)O)CC[C@]4(C)[C@H]3CC[C@]12C. The van der Waals surface area contributed by atoms with E-state index in [0.29, 0.717) is 51.4 Å². The molecule has 0 radical (unpaired) electrons. The summed E-state index contributed by atoms with van der Waals surface area (Å²) in [5.41, 5.74) is 2.28. The third-order valence-corrected chi connectivity index (χ3v) is 13.8. The van der Waals surface area contributed by atoms with Crippen LogP contribution in [0.15, 0.2) is 11.6 Å². The zero-order valence-electron chi connectivity index (χ0n) is 33.3. The van der Waals surface area contributed by atoms with Crippen molar-refractivity contribution in [1.29, 1.82) is 0 Å². The maximum atomic E-state index is 12.7. The highest BCUT2D eigenvalue weighted by molar-refractivity contribution is 7.46. The van der Waals surface area contributed by atoms with Gasteiger partial charge in [-0.05, 0) is 97.7 Å². The van der Waals surface area contributed by atoms with Crippen molar-refractivity contribution in [1.82, 2.24) is 5.32 Å². The topological polar surface area (TPSA) is 162 Å². The van der Waals surface area contributed by atoms with Crippen LogP contribution in [0.5, 0.6) is 0 Å². The Kier molecular flexibility index (Phi) is 18.1. The van der Waals surface area contributed by atoms with E-state index < -0.39 is 20.5 Å². The minimum absolute atomic E-state index is 0.0547. The highest BCUT2D eigenvalue weighted by atomic mass is 31.2. The van der Waals surface area contributed by atoms with Gasteiger partial charge in [0.25, 0.3) is 0 Å². The van der Waals surface area contributed by atoms with E-state index in [9.17, 15) is 9.36 Å². The number of phosphoric acid groups is 1. The molecular formula is C40H72NO11P. The predicted molar refractivity (Wildman–Crippen MR) is 203 cm³/mol. The maximum Gasteiger partial charge on any atom is 0.470 e. The van der Waals surface area contributed by atoms with E-state index >= 15 is 0 Å². The van der Waals surface area contributed by atoms with Crippen molar-refractivity contribution in [2.45, 2.75) is 124 Å². The van der Waals surface area contributed by atoms with Gasteiger partial charge in [-0.1, -0.05) is 65.5 Å². The Morgan fingerprint density at radius 1 is 0.887 bits per heavy atom. The second-order valence-electron chi connectivity index (χ2n) is 17.2. The average Bonchev–Trinajstić information content (AvgIpc) is 3.46. The first kappa shape index (κ1) is 44.6. The summed E-state index contributed by atoms with van der Waals surface area (Å²) < 4.78 is 42.8. The molecule has 4 aliphatic rings. The summed E-state index contributed by atoms with van der Waals surface area (Å²) in [5.74, 6) is 4.93. The number of hydrogen-bond acceptors (Lipinski definition) is 9. The van der Waals surface area contributed by atoms with Crippen molar-refractivity contribution in [2.75, 3.05) is 66.0 Å². The quantitative estimate of drug-likeness (QED) is 0.0452. The van der Waals surface area contributed by atoms with Crippen LogP contribution in [0.3, 0.4) is 0 Å². The fraction of sp³-hybridized carbons (Fsp3) is 0.925. The van der Waals surface area contributed by atoms with E-state index in [2.05, 4.69) is 50.5 Å². The molecule has 308 valence electrons. The Morgan fingerprint density at radius 3 is 2.23 bits per heavy atom. The number of aliphatic hydroxyl groups excluding tert-OH is 1. The van der Waals surface area contributed by atoms with Gasteiger partial charge in [-0.2, -0.15) is 0 Å². The van der Waals surface area contributed by atoms with Gasteiger partial charge in [-0.25, -0.2) is 9.36 Å². The van der Waals surface area contributed by atoms with Crippen molar-refractivity contribution >= 4 is 13.9 Å². The molecule has 53 heavy (non-hydrogen) atoms. The number of hydrogen-bond donors (Lipinski definition) is 4. The molecule has 0 saturated heterocycles. The molecule has 9 atom stereocenters. The lowest BCUT2D eigenvalue weighted by molar-refractivity contribution is -0.0581. The third kappa shape index (κ3) is 13.2. The molecule has 13 heteroatoms. The number of ether oxygens (including phenoxy) is 5. The smallest absolute Gasteiger partial charge is 0.446 e. The first-order valence-electron chi connectivity index (χ1n) is 20.6. The molecule has 0 spiro atoms. The highest BCUT2D eigenvalue weighted by Crippen LogP contribution is 2.67. The maximum absolute atomic E-state index is 12.7. The monoisotopic (exact) mass is 773 g/mol. The first-order chi connectivity index (χ1) is 25.3. The number of fused-ring (bicyclic) bond motifs is 5. The van der Waals surface area contributed by atoms with Gasteiger partial charge in [0.2, 0.25) is 0 Å². The normalized spacial score (nSPS) is 31.0. The van der Waals surface area contributed by atoms with Gasteiger partial charge in [0.1, 0.15) is 12.2 Å². The van der Waals surface area contributed by atoms with Crippen LogP contribution in [-0.2, 0) is 32.8 Å². The number of allylic oxidation sites excluding steroid dienone is 1. The molecule has 0 bridgehead atoms. The predicted octanol–water partition coefficient (Wildman–Crippen LogP) is 7.05. The molecule has 0 aromatic rings. The molecule has 0 aromatic heterocycles. The van der Waals surface area contributed by atoms with E-state index in [0.717, 1.165) is 54.8 Å². The van der Waals surface area contributed by atoms with Crippen LogP contribution in [0, 0.1) is 46.3 Å². The molecule has 4 N–H and O–H groups in total. The minimum atomic E-state index is -4.68. The van der Waals surface area contributed by atoms with E-state index in [1.807, 2.05) is 0 Å². The van der Waals surface area contributed by atoms with Crippen molar-refractivity contribution in [3.63, 3.8) is 0 Å². The lowest BCUT2D eigenvalue weighted by Crippen LogP contribution is -2.51. The second kappa shape index (κ2) is 21.4. The molecule has 3 saturated carbocycles. The molecular weight excluding hydrogens is 701 g/mol. The highest BCUT2D eigenvalue weighted by Gasteiger charge is 2.59. The number of rotatable bonds is 24. The van der Waals surface area contributed by atoms with Crippen LogP contribution in [-0.4, -0.2) is 99.2 Å². The van der Waals surface area contributed by atoms with Gasteiger partial charge in [0, 0.05) is 19.6 Å². The molecule has 1 amide bonds. The number of phosphoric ester groups is 1. The molecule has 4 rings (SSSR count). The lowest BCUT2D eigenvalue weighted by atomic mass is 9.47. The number of aliphatic hydroxyl groups is 1.